The van der Waals surface area contributed by atoms with E-state index in [0.29, 0.717) is 18.1 Å². The van der Waals surface area contributed by atoms with Crippen molar-refractivity contribution in [2.24, 2.45) is 5.10 Å². The average molecular weight is 430 g/mol. The number of hydrogen-bond acceptors (Lipinski definition) is 5. The number of nitrogens with one attached hydrogen (secondary N) is 1. The molecule has 0 amide bonds. The van der Waals surface area contributed by atoms with Gasteiger partial charge in [0.25, 0.3) is 0 Å². The van der Waals surface area contributed by atoms with Gasteiger partial charge in [-0.3, -0.25) is 0 Å². The lowest BCUT2D eigenvalue weighted by atomic mass is 10.2. The number of anilines is 1. The normalized spacial score (nSPS) is 11.4. The molecule has 164 valence electrons. The van der Waals surface area contributed by atoms with Crippen molar-refractivity contribution in [2.45, 2.75) is 34.2 Å². The zero-order chi connectivity index (χ0) is 22.7. The minimum absolute atomic E-state index is 0.318. The van der Waals surface area contributed by atoms with Crippen molar-refractivity contribution in [3.05, 3.63) is 77.1 Å². The van der Waals surface area contributed by atoms with Crippen molar-refractivity contribution in [2.75, 3.05) is 12.0 Å². The van der Waals surface area contributed by atoms with E-state index in [-0.39, 0.29) is 5.97 Å². The predicted molar refractivity (Wildman–Crippen MR) is 128 cm³/mol. The van der Waals surface area contributed by atoms with Crippen LogP contribution in [0.1, 0.15) is 41.2 Å². The van der Waals surface area contributed by atoms with Crippen LogP contribution in [0.5, 0.6) is 0 Å². The van der Waals surface area contributed by atoms with Crippen LogP contribution in [0.15, 0.2) is 59.7 Å². The summed E-state index contributed by atoms with van der Waals surface area (Å²) in [5.41, 5.74) is 9.60. The second-order valence-electron chi connectivity index (χ2n) is 7.47. The number of rotatable bonds is 7. The topological polar surface area (TPSA) is 73.4 Å². The number of aromatic nitrogens is 3. The number of hydrogen-bond donors (Lipinski definition) is 1. The van der Waals surface area contributed by atoms with Gasteiger partial charge in [0.2, 0.25) is 5.95 Å². The molecular formula is C25H27N5O2. The van der Waals surface area contributed by atoms with Crippen molar-refractivity contribution >= 4 is 29.2 Å². The van der Waals surface area contributed by atoms with Crippen molar-refractivity contribution in [1.82, 2.24) is 14.1 Å². The Morgan fingerprint density at radius 2 is 1.94 bits per heavy atom. The number of ether oxygens (including phenoxy) is 1. The summed E-state index contributed by atoms with van der Waals surface area (Å²) in [4.78, 5) is 16.8. The molecule has 1 N–H and O–H groups in total. The van der Waals surface area contributed by atoms with Crippen LogP contribution >= 0.6 is 0 Å². The molecule has 4 aromatic rings. The zero-order valence-corrected chi connectivity index (χ0v) is 18.8. The van der Waals surface area contributed by atoms with Crippen molar-refractivity contribution in [3.8, 4) is 5.69 Å². The summed E-state index contributed by atoms with van der Waals surface area (Å²) in [6.07, 6.45) is 1.80. The smallest absolute Gasteiger partial charge is 0.338 e. The van der Waals surface area contributed by atoms with Crippen LogP contribution in [0.25, 0.3) is 16.7 Å². The molecular weight excluding hydrogens is 402 g/mol. The molecule has 0 fully saturated rings. The van der Waals surface area contributed by atoms with Gasteiger partial charge in [0, 0.05) is 29.2 Å². The Morgan fingerprint density at radius 3 is 2.72 bits per heavy atom. The van der Waals surface area contributed by atoms with Crippen LogP contribution < -0.4 is 5.43 Å². The van der Waals surface area contributed by atoms with E-state index >= 15 is 0 Å². The number of nitrogens with zero attached hydrogens (tertiary/aromatic N) is 4. The lowest BCUT2D eigenvalue weighted by Crippen LogP contribution is -2.06. The number of esters is 1. The number of benzene rings is 2. The molecule has 0 bridgehead atoms. The Morgan fingerprint density at radius 1 is 1.12 bits per heavy atom. The predicted octanol–water partition coefficient (Wildman–Crippen LogP) is 5.09. The number of carbonyl (C=O) groups excluding carboxylic acids is 1. The lowest BCUT2D eigenvalue weighted by Gasteiger charge is -2.11. The van der Waals surface area contributed by atoms with E-state index in [9.17, 15) is 4.79 Å². The minimum atomic E-state index is -0.318. The van der Waals surface area contributed by atoms with Gasteiger partial charge in [-0.05, 0) is 64.1 Å². The Kier molecular flexibility index (Phi) is 6.07. The average Bonchev–Trinajstić information content (AvgIpc) is 3.29. The highest BCUT2D eigenvalue weighted by Crippen LogP contribution is 2.22. The van der Waals surface area contributed by atoms with Gasteiger partial charge in [0.15, 0.2) is 0 Å². The Bertz CT molecular complexity index is 1300. The molecule has 2 aromatic heterocycles. The van der Waals surface area contributed by atoms with Gasteiger partial charge in [0.05, 0.1) is 29.4 Å². The highest BCUT2D eigenvalue weighted by Gasteiger charge is 2.13. The maximum absolute atomic E-state index is 12.1. The summed E-state index contributed by atoms with van der Waals surface area (Å²) >= 11 is 0. The summed E-state index contributed by atoms with van der Waals surface area (Å²) in [6.45, 7) is 9.10. The largest absolute Gasteiger partial charge is 0.462 e. The molecule has 0 aliphatic heterocycles. The fraction of sp³-hybridized carbons (Fsp3) is 0.240. The molecule has 0 saturated heterocycles. The summed E-state index contributed by atoms with van der Waals surface area (Å²) in [7, 11) is 0. The first-order valence-corrected chi connectivity index (χ1v) is 10.7. The molecule has 2 heterocycles. The van der Waals surface area contributed by atoms with E-state index in [0.717, 1.165) is 40.2 Å². The van der Waals surface area contributed by atoms with Gasteiger partial charge in [-0.1, -0.05) is 18.2 Å². The number of imidazole rings is 1. The van der Waals surface area contributed by atoms with Crippen LogP contribution in [0.3, 0.4) is 0 Å². The maximum Gasteiger partial charge on any atom is 0.338 e. The highest BCUT2D eigenvalue weighted by molar-refractivity contribution is 5.90. The summed E-state index contributed by atoms with van der Waals surface area (Å²) < 4.78 is 9.33. The van der Waals surface area contributed by atoms with Crippen LogP contribution in [-0.2, 0) is 11.3 Å². The maximum atomic E-state index is 12.1. The van der Waals surface area contributed by atoms with Crippen molar-refractivity contribution < 1.29 is 9.53 Å². The number of fused-ring (bicyclic) bond motifs is 1. The third-order valence-corrected chi connectivity index (χ3v) is 5.42. The Hall–Kier alpha value is -3.87. The minimum Gasteiger partial charge on any atom is -0.462 e. The Labute approximate surface area is 187 Å². The fourth-order valence-electron chi connectivity index (χ4n) is 3.94. The monoisotopic (exact) mass is 429 g/mol. The van der Waals surface area contributed by atoms with Crippen LogP contribution in [0.4, 0.5) is 5.95 Å². The summed E-state index contributed by atoms with van der Waals surface area (Å²) in [5, 5.41) is 4.45. The van der Waals surface area contributed by atoms with Gasteiger partial charge >= 0.3 is 5.97 Å². The van der Waals surface area contributed by atoms with Crippen molar-refractivity contribution in [3.63, 3.8) is 0 Å². The Balaban J connectivity index is 1.60. The second kappa shape index (κ2) is 9.09. The molecule has 0 saturated carbocycles. The van der Waals surface area contributed by atoms with Crippen LogP contribution in [0.2, 0.25) is 0 Å². The molecule has 0 atom stereocenters. The molecule has 7 nitrogen and oxygen atoms in total. The molecule has 32 heavy (non-hydrogen) atoms. The first-order valence-electron chi connectivity index (χ1n) is 10.7. The van der Waals surface area contributed by atoms with E-state index in [2.05, 4.69) is 43.7 Å². The standard InChI is InChI=1S/C25H27N5O2/c1-5-29-23-13-8-7-12-22(23)27-25(29)28-26-16-20-14-17(3)30(18(20)4)21-11-9-10-19(15-21)24(31)32-6-2/h7-16H,5-6H2,1-4H3,(H,27,28)/b26-16-. The quantitative estimate of drug-likeness (QED) is 0.252. The SMILES string of the molecule is CCOC(=O)c1cccc(-n2c(C)cc(/C=N\Nc3nc4ccccc4n3CC)c2C)c1. The summed E-state index contributed by atoms with van der Waals surface area (Å²) in [6, 6.07) is 17.6. The number of para-hydroxylation sites is 2. The number of carbonyl (C=O) groups is 1. The first kappa shape index (κ1) is 21.4. The van der Waals surface area contributed by atoms with Gasteiger partial charge in [-0.2, -0.15) is 5.10 Å². The van der Waals surface area contributed by atoms with Crippen molar-refractivity contribution in [1.29, 1.82) is 0 Å². The number of aryl methyl sites for hydroxylation is 2. The fourth-order valence-corrected chi connectivity index (χ4v) is 3.94. The lowest BCUT2D eigenvalue weighted by molar-refractivity contribution is 0.0526. The zero-order valence-electron chi connectivity index (χ0n) is 18.8. The third-order valence-electron chi connectivity index (χ3n) is 5.42. The molecule has 7 heteroatoms. The molecule has 0 radical (unpaired) electrons. The third kappa shape index (κ3) is 4.01. The molecule has 0 aliphatic carbocycles. The first-order chi connectivity index (χ1) is 15.5. The molecule has 4 rings (SSSR count). The summed E-state index contributed by atoms with van der Waals surface area (Å²) in [5.74, 6) is 0.391. The van der Waals surface area contributed by atoms with Gasteiger partial charge in [-0.15, -0.1) is 0 Å². The van der Waals surface area contributed by atoms with E-state index in [4.69, 9.17) is 4.74 Å². The second-order valence-corrected chi connectivity index (χ2v) is 7.47. The van der Waals surface area contributed by atoms with Crippen LogP contribution in [-0.4, -0.2) is 32.9 Å². The van der Waals surface area contributed by atoms with Gasteiger partial charge < -0.3 is 13.9 Å². The van der Waals surface area contributed by atoms with Gasteiger partial charge in [0.1, 0.15) is 0 Å². The van der Waals surface area contributed by atoms with E-state index < -0.39 is 0 Å². The van der Waals surface area contributed by atoms with E-state index in [1.807, 2.05) is 50.2 Å². The van der Waals surface area contributed by atoms with E-state index in [1.54, 1.807) is 19.2 Å². The molecule has 0 spiro atoms. The van der Waals surface area contributed by atoms with Crippen LogP contribution in [0, 0.1) is 13.8 Å². The molecule has 0 aliphatic rings. The number of hydrazone groups is 1. The van der Waals surface area contributed by atoms with Gasteiger partial charge in [-0.25, -0.2) is 15.2 Å². The molecule has 0 unspecified atom stereocenters. The molecule has 2 aromatic carbocycles. The van der Waals surface area contributed by atoms with E-state index in [1.165, 1.54) is 0 Å². The highest BCUT2D eigenvalue weighted by atomic mass is 16.5.